The lowest BCUT2D eigenvalue weighted by molar-refractivity contribution is 0.669. The summed E-state index contributed by atoms with van der Waals surface area (Å²) in [6, 6.07) is 65.7. The predicted octanol–water partition coefficient (Wildman–Crippen LogP) is 14.1. The second-order valence-electron chi connectivity index (χ2n) is 14.0. The average Bonchev–Trinajstić information content (AvgIpc) is 3.85. The lowest BCUT2D eigenvalue weighted by atomic mass is 9.93. The molecule has 3 heterocycles. The van der Waals surface area contributed by atoms with Gasteiger partial charge in [0.05, 0.1) is 0 Å². The fraction of sp³-hybridized carbons (Fsp3) is 0. The molecule has 0 aliphatic carbocycles. The van der Waals surface area contributed by atoms with Gasteiger partial charge in [-0.3, -0.25) is 0 Å². The van der Waals surface area contributed by atoms with E-state index in [2.05, 4.69) is 127 Å². The quantitative estimate of drug-likeness (QED) is 0.171. The molecule has 0 aliphatic heterocycles. The smallest absolute Gasteiger partial charge is 0.164 e. The topological polar surface area (TPSA) is 51.8 Å². The molecule has 0 fully saturated rings. The maximum absolute atomic E-state index is 6.55. The molecule has 56 heavy (non-hydrogen) atoms. The third-order valence-corrected chi connectivity index (χ3v) is 11.6. The molecule has 0 amide bonds. The summed E-state index contributed by atoms with van der Waals surface area (Å²) >= 11 is 1.85. The third-order valence-electron chi connectivity index (χ3n) is 10.5. The molecule has 3 aromatic heterocycles. The van der Waals surface area contributed by atoms with Crippen molar-refractivity contribution in [2.24, 2.45) is 0 Å². The number of thiophene rings is 1. The molecule has 0 spiro atoms. The zero-order valence-electron chi connectivity index (χ0n) is 30.1. The fourth-order valence-corrected chi connectivity index (χ4v) is 9.05. The van der Waals surface area contributed by atoms with Crippen LogP contribution in [0.2, 0.25) is 0 Å². The van der Waals surface area contributed by atoms with Crippen LogP contribution in [0.25, 0.3) is 110 Å². The Bertz CT molecular complexity index is 3180. The molecule has 262 valence electrons. The standard InChI is InChI=1S/C51H31N3OS/c1-4-14-32(15-5-1)38-30-41(48-40-22-10-11-25-45(40)56-46(48)31-38)36-26-27-43-42(29-36)47-39(23-13-24-44(47)55-43)35-20-12-21-37(28-35)51-53-49(33-16-6-2-7-17-33)52-50(54-51)34-18-8-3-9-19-34/h1-31H. The van der Waals surface area contributed by atoms with Crippen molar-refractivity contribution in [1.29, 1.82) is 0 Å². The van der Waals surface area contributed by atoms with Crippen LogP contribution < -0.4 is 0 Å². The van der Waals surface area contributed by atoms with E-state index in [4.69, 9.17) is 19.4 Å². The fourth-order valence-electron chi connectivity index (χ4n) is 7.88. The van der Waals surface area contributed by atoms with Crippen LogP contribution in [0.5, 0.6) is 0 Å². The highest BCUT2D eigenvalue weighted by molar-refractivity contribution is 7.26. The number of aromatic nitrogens is 3. The number of fused-ring (bicyclic) bond motifs is 6. The molecule has 8 aromatic carbocycles. The van der Waals surface area contributed by atoms with Gasteiger partial charge in [0.15, 0.2) is 17.5 Å². The largest absolute Gasteiger partial charge is 0.456 e. The number of nitrogens with zero attached hydrogens (tertiary/aromatic N) is 3. The summed E-state index contributed by atoms with van der Waals surface area (Å²) in [6.07, 6.45) is 0. The van der Waals surface area contributed by atoms with Crippen LogP contribution in [-0.4, -0.2) is 15.0 Å². The molecule has 11 rings (SSSR count). The highest BCUT2D eigenvalue weighted by Gasteiger charge is 2.19. The van der Waals surface area contributed by atoms with Gasteiger partial charge >= 0.3 is 0 Å². The molecule has 0 atom stereocenters. The molecule has 5 heteroatoms. The second-order valence-corrected chi connectivity index (χ2v) is 15.1. The monoisotopic (exact) mass is 733 g/mol. The summed E-state index contributed by atoms with van der Waals surface area (Å²) in [4.78, 5) is 14.9. The van der Waals surface area contributed by atoms with Crippen molar-refractivity contribution in [3.05, 3.63) is 188 Å². The van der Waals surface area contributed by atoms with Gasteiger partial charge in [-0.1, -0.05) is 146 Å². The Morgan fingerprint density at radius 3 is 1.64 bits per heavy atom. The van der Waals surface area contributed by atoms with E-state index in [9.17, 15) is 0 Å². The van der Waals surface area contributed by atoms with Crippen molar-refractivity contribution < 1.29 is 4.42 Å². The Balaban J connectivity index is 1.08. The van der Waals surface area contributed by atoms with E-state index in [1.165, 1.54) is 36.9 Å². The van der Waals surface area contributed by atoms with E-state index in [1.807, 2.05) is 72.0 Å². The van der Waals surface area contributed by atoms with Crippen LogP contribution in [0.15, 0.2) is 192 Å². The molecule has 4 nitrogen and oxygen atoms in total. The first kappa shape index (κ1) is 32.2. The first-order valence-corrected chi connectivity index (χ1v) is 19.5. The minimum atomic E-state index is 0.622. The Morgan fingerprint density at radius 2 is 0.911 bits per heavy atom. The predicted molar refractivity (Wildman–Crippen MR) is 233 cm³/mol. The number of hydrogen-bond donors (Lipinski definition) is 0. The van der Waals surface area contributed by atoms with Crippen LogP contribution in [0.3, 0.4) is 0 Å². The van der Waals surface area contributed by atoms with Gasteiger partial charge < -0.3 is 4.42 Å². The summed E-state index contributed by atoms with van der Waals surface area (Å²) in [7, 11) is 0. The Hall–Kier alpha value is -7.21. The van der Waals surface area contributed by atoms with Gasteiger partial charge in [-0.15, -0.1) is 11.3 Å². The van der Waals surface area contributed by atoms with Crippen LogP contribution in [0.1, 0.15) is 0 Å². The summed E-state index contributed by atoms with van der Waals surface area (Å²) in [5.74, 6) is 1.90. The molecule has 11 aromatic rings. The van der Waals surface area contributed by atoms with Gasteiger partial charge in [0.1, 0.15) is 11.2 Å². The van der Waals surface area contributed by atoms with Crippen molar-refractivity contribution in [1.82, 2.24) is 15.0 Å². The van der Waals surface area contributed by atoms with Gasteiger partial charge in [-0.2, -0.15) is 0 Å². The van der Waals surface area contributed by atoms with Crippen LogP contribution in [0, 0.1) is 0 Å². The number of benzene rings is 8. The normalized spacial score (nSPS) is 11.6. The molecule has 0 bridgehead atoms. The molecule has 0 saturated heterocycles. The highest BCUT2D eigenvalue weighted by atomic mass is 32.1. The maximum Gasteiger partial charge on any atom is 0.164 e. The van der Waals surface area contributed by atoms with Crippen molar-refractivity contribution >= 4 is 53.4 Å². The third kappa shape index (κ3) is 5.56. The lowest BCUT2D eigenvalue weighted by Crippen LogP contribution is -2.00. The Labute approximate surface area is 327 Å². The number of furan rings is 1. The van der Waals surface area contributed by atoms with Crippen molar-refractivity contribution in [2.45, 2.75) is 0 Å². The van der Waals surface area contributed by atoms with E-state index in [1.54, 1.807) is 0 Å². The summed E-state index contributed by atoms with van der Waals surface area (Å²) in [6.45, 7) is 0. The Kier molecular flexibility index (Phi) is 7.64. The number of rotatable bonds is 6. The molecule has 0 saturated carbocycles. The van der Waals surface area contributed by atoms with E-state index < -0.39 is 0 Å². The van der Waals surface area contributed by atoms with Gasteiger partial charge in [0.25, 0.3) is 0 Å². The van der Waals surface area contributed by atoms with Gasteiger partial charge in [0, 0.05) is 47.6 Å². The molecule has 0 aliphatic rings. The van der Waals surface area contributed by atoms with Crippen molar-refractivity contribution in [3.63, 3.8) is 0 Å². The van der Waals surface area contributed by atoms with Gasteiger partial charge in [-0.25, -0.2) is 15.0 Å². The molecule has 0 N–H and O–H groups in total. The van der Waals surface area contributed by atoms with Crippen LogP contribution >= 0.6 is 11.3 Å². The summed E-state index contributed by atoms with van der Waals surface area (Å²) in [5, 5.41) is 4.72. The first-order chi connectivity index (χ1) is 27.7. The Morgan fingerprint density at radius 1 is 0.321 bits per heavy atom. The van der Waals surface area contributed by atoms with Crippen LogP contribution in [0.4, 0.5) is 0 Å². The highest BCUT2D eigenvalue weighted by Crippen LogP contribution is 2.45. The molecular weight excluding hydrogens is 703 g/mol. The number of hydrogen-bond acceptors (Lipinski definition) is 5. The second kappa shape index (κ2) is 13.3. The minimum Gasteiger partial charge on any atom is -0.456 e. The first-order valence-electron chi connectivity index (χ1n) is 18.7. The van der Waals surface area contributed by atoms with Gasteiger partial charge in [0.2, 0.25) is 0 Å². The van der Waals surface area contributed by atoms with Crippen molar-refractivity contribution in [2.75, 3.05) is 0 Å². The molecule has 0 unspecified atom stereocenters. The zero-order valence-corrected chi connectivity index (χ0v) is 30.9. The van der Waals surface area contributed by atoms with Crippen LogP contribution in [-0.2, 0) is 0 Å². The molecular formula is C51H31N3OS. The van der Waals surface area contributed by atoms with E-state index in [0.717, 1.165) is 55.3 Å². The SMILES string of the molecule is c1ccc(-c2cc(-c3ccc4oc5cccc(-c6cccc(-c7nc(-c8ccccc8)nc(-c8ccccc8)n7)c6)c5c4c3)c3c(c2)sc2ccccc23)cc1. The van der Waals surface area contributed by atoms with E-state index in [-0.39, 0.29) is 0 Å². The van der Waals surface area contributed by atoms with Crippen molar-refractivity contribution in [3.8, 4) is 67.5 Å². The minimum absolute atomic E-state index is 0.622. The van der Waals surface area contributed by atoms with E-state index in [0.29, 0.717) is 17.5 Å². The van der Waals surface area contributed by atoms with E-state index >= 15 is 0 Å². The average molecular weight is 734 g/mol. The zero-order chi connectivity index (χ0) is 37.0. The van der Waals surface area contributed by atoms with Gasteiger partial charge in [-0.05, 0) is 75.8 Å². The maximum atomic E-state index is 6.55. The lowest BCUT2D eigenvalue weighted by Gasteiger charge is -2.11. The summed E-state index contributed by atoms with van der Waals surface area (Å²) in [5.41, 5.74) is 11.4. The molecule has 0 radical (unpaired) electrons. The summed E-state index contributed by atoms with van der Waals surface area (Å²) < 4.78 is 9.12.